The summed E-state index contributed by atoms with van der Waals surface area (Å²) in [7, 11) is 0. The van der Waals surface area contributed by atoms with Crippen LogP contribution in [0.3, 0.4) is 0 Å². The fraction of sp³-hybridized carbons (Fsp3) is 0.507. The van der Waals surface area contributed by atoms with Gasteiger partial charge in [0.2, 0.25) is 70.9 Å². The Balaban J connectivity index is 1.36. The first-order valence-corrected chi connectivity index (χ1v) is 33.9. The predicted octanol–water partition coefficient (Wildman–Crippen LogP) is -1.31. The van der Waals surface area contributed by atoms with Crippen molar-refractivity contribution in [3.05, 3.63) is 102 Å². The first kappa shape index (κ1) is 80.7. The van der Waals surface area contributed by atoms with Gasteiger partial charge in [-0.05, 0) is 124 Å². The molecule has 0 radical (unpaired) electrons. The van der Waals surface area contributed by atoms with Crippen LogP contribution >= 0.6 is 0 Å². The Morgan fingerprint density at radius 3 is 1.34 bits per heavy atom. The number of phenolic OH excluding ortho intramolecular Hbond substituents is 1. The molecule has 2 heterocycles. The van der Waals surface area contributed by atoms with Crippen molar-refractivity contribution < 1.29 is 67.7 Å². The molecule has 31 nitrogen and oxygen atoms in total. The molecule has 2 aromatic heterocycles. The second-order valence-corrected chi connectivity index (χ2v) is 25.3. The number of aromatic amines is 2. The fourth-order valence-corrected chi connectivity index (χ4v) is 11.1. The minimum atomic E-state index is -1.63. The molecule has 31 heteroatoms. The van der Waals surface area contributed by atoms with Crippen molar-refractivity contribution >= 4 is 92.7 Å². The van der Waals surface area contributed by atoms with E-state index in [1.165, 1.54) is 31.2 Å². The van der Waals surface area contributed by atoms with E-state index < -0.39 is 150 Å². The molecular formula is C69H101N17O14. The lowest BCUT2D eigenvalue weighted by atomic mass is 9.97. The molecule has 12 atom stereocenters. The summed E-state index contributed by atoms with van der Waals surface area (Å²) in [6.07, 6.45) is 2.71. The second kappa shape index (κ2) is 40.8. The number of nitrogens with one attached hydrogen (secondary N) is 12. The molecule has 1 unspecified atom stereocenters. The number of carbonyl (C=O) groups excluding carboxylic acids is 12. The molecule has 0 aliphatic rings. The van der Waals surface area contributed by atoms with Crippen LogP contribution < -0.4 is 81.8 Å². The lowest BCUT2D eigenvalue weighted by Gasteiger charge is -2.28. The maximum absolute atomic E-state index is 14.9. The van der Waals surface area contributed by atoms with E-state index in [9.17, 15) is 67.7 Å². The van der Waals surface area contributed by atoms with E-state index in [4.69, 9.17) is 28.7 Å². The Bertz CT molecular complexity index is 3580. The fourth-order valence-electron chi connectivity index (χ4n) is 11.1. The minimum Gasteiger partial charge on any atom is -0.508 e. The highest BCUT2D eigenvalue weighted by Gasteiger charge is 2.37. The largest absolute Gasteiger partial charge is 0.508 e. The maximum Gasteiger partial charge on any atom is 0.245 e. The number of phenols is 1. The molecule has 0 aliphatic carbocycles. The normalized spacial score (nSPS) is 14.9. The van der Waals surface area contributed by atoms with Crippen molar-refractivity contribution in [1.29, 1.82) is 0 Å². The van der Waals surface area contributed by atoms with E-state index >= 15 is 0 Å². The monoisotopic (exact) mass is 1390 g/mol. The summed E-state index contributed by atoms with van der Waals surface area (Å²) >= 11 is 0. The van der Waals surface area contributed by atoms with Crippen LogP contribution in [0.5, 0.6) is 5.75 Å². The van der Waals surface area contributed by atoms with Gasteiger partial charge in [-0.1, -0.05) is 89.1 Å². The van der Waals surface area contributed by atoms with Gasteiger partial charge in [0.05, 0.1) is 19.1 Å². The van der Waals surface area contributed by atoms with E-state index in [1.54, 1.807) is 74.8 Å². The van der Waals surface area contributed by atoms with Gasteiger partial charge in [-0.25, -0.2) is 0 Å². The Kier molecular flexibility index (Phi) is 32.9. The smallest absolute Gasteiger partial charge is 0.245 e. The third kappa shape index (κ3) is 25.4. The van der Waals surface area contributed by atoms with Crippen LogP contribution in [0.2, 0.25) is 0 Å². The van der Waals surface area contributed by atoms with Gasteiger partial charge in [0, 0.05) is 59.9 Å². The van der Waals surface area contributed by atoms with Gasteiger partial charge in [0.25, 0.3) is 0 Å². The highest BCUT2D eigenvalue weighted by atomic mass is 16.3. The number of nitrogens with two attached hydrogens (primary N) is 5. The predicted molar refractivity (Wildman–Crippen MR) is 374 cm³/mol. The number of hydrogen-bond acceptors (Lipinski definition) is 17. The Morgan fingerprint density at radius 2 is 0.880 bits per heavy atom. The van der Waals surface area contributed by atoms with Crippen molar-refractivity contribution in [1.82, 2.24) is 63.1 Å². The van der Waals surface area contributed by atoms with Gasteiger partial charge >= 0.3 is 0 Å². The van der Waals surface area contributed by atoms with Crippen LogP contribution in [0, 0.1) is 11.8 Å². The molecule has 546 valence electrons. The number of aromatic nitrogens is 2. The number of benzene rings is 3. The second-order valence-electron chi connectivity index (χ2n) is 25.3. The standard InChI is InChI=1S/C69H101N17O14/c1-6-38(3)22-27-57(90)79-55(34-56(73)89)67(98)82-52(31-41-23-25-44(88)26-24-41)65(96)84-53(32-42-35-75-47-17-10-8-15-45(42)47)66(97)81-51(21-14-30-72)64(95)80-49(19-12-28-70)62(93)77-37-58(91)78-50(20-13-29-71)63(94)83-54(33-43-36-76-48-18-11-9-16-46(43)48)68(99)86-60(40(5)87)69(100)85-59(61(74)92)39(4)7-2/h8-11,15-18,23-26,35-36,38-40,49-55,59-60,75-76,87-88H,6-7,12-14,19-22,27-34,37,70-72H2,1-5H3,(H2,73,89)(H2,74,92)(H,77,93)(H,78,91)(H,79,90)(H,80,95)(H,81,97)(H,82,98)(H,83,94)(H,84,96)(H,85,100)(H,86,99)/t38?,39-,40+,49-,50+,51+,52+,53+,54-,55+,59-,60-/m0/s1. The number of fused-ring (bicyclic) bond motifs is 2. The molecule has 0 aliphatic heterocycles. The summed E-state index contributed by atoms with van der Waals surface area (Å²) in [5, 5.41) is 48.4. The highest BCUT2D eigenvalue weighted by Crippen LogP contribution is 2.22. The number of rotatable bonds is 44. The lowest BCUT2D eigenvalue weighted by Crippen LogP contribution is -2.61. The van der Waals surface area contributed by atoms with E-state index in [0.29, 0.717) is 51.3 Å². The summed E-state index contributed by atoms with van der Waals surface area (Å²) in [5.74, 6) is -10.6. The Hall–Kier alpha value is -9.98. The number of aliphatic hydroxyl groups excluding tert-OH is 1. The van der Waals surface area contributed by atoms with Crippen LogP contribution in [-0.4, -0.2) is 178 Å². The molecule has 5 aromatic rings. The summed E-state index contributed by atoms with van der Waals surface area (Å²) in [5.41, 5.74) is 31.8. The number of amides is 12. The molecule has 0 saturated carbocycles. The lowest BCUT2D eigenvalue weighted by molar-refractivity contribution is -0.136. The number of aliphatic hydroxyl groups is 1. The molecule has 0 bridgehead atoms. The summed E-state index contributed by atoms with van der Waals surface area (Å²) in [6, 6.07) is 7.19. The van der Waals surface area contributed by atoms with Crippen molar-refractivity contribution in [2.75, 3.05) is 26.2 Å². The van der Waals surface area contributed by atoms with Crippen LogP contribution in [0.15, 0.2) is 85.2 Å². The average Bonchev–Trinajstić information content (AvgIpc) is 1.63. The van der Waals surface area contributed by atoms with Gasteiger partial charge in [-0.15, -0.1) is 0 Å². The van der Waals surface area contributed by atoms with E-state index in [-0.39, 0.29) is 95.5 Å². The maximum atomic E-state index is 14.9. The number of H-pyrrole nitrogens is 2. The van der Waals surface area contributed by atoms with Crippen LogP contribution in [0.1, 0.15) is 122 Å². The van der Waals surface area contributed by atoms with Gasteiger partial charge in [0.1, 0.15) is 60.1 Å². The number of aromatic hydroxyl groups is 1. The zero-order valence-electron chi connectivity index (χ0n) is 57.4. The van der Waals surface area contributed by atoms with Crippen molar-refractivity contribution in [2.45, 2.75) is 185 Å². The highest BCUT2D eigenvalue weighted by molar-refractivity contribution is 6.00. The molecule has 5 rings (SSSR count). The first-order valence-electron chi connectivity index (χ1n) is 33.9. The van der Waals surface area contributed by atoms with Gasteiger partial charge in [0.15, 0.2) is 0 Å². The Labute approximate surface area is 580 Å². The zero-order valence-corrected chi connectivity index (χ0v) is 57.4. The van der Waals surface area contributed by atoms with Crippen molar-refractivity contribution in [3.8, 4) is 5.75 Å². The molecular weight excluding hydrogens is 1290 g/mol. The first-order chi connectivity index (χ1) is 47.7. The van der Waals surface area contributed by atoms with Gasteiger partial charge in [-0.3, -0.25) is 57.5 Å². The van der Waals surface area contributed by atoms with Crippen LogP contribution in [0.4, 0.5) is 0 Å². The molecule has 0 spiro atoms. The van der Waals surface area contributed by atoms with Crippen LogP contribution in [-0.2, 0) is 76.8 Å². The third-order valence-corrected chi connectivity index (χ3v) is 17.4. The SMILES string of the molecule is CCC(C)CCC(=O)N[C@H](CC(N)=O)C(=O)N[C@H](Cc1ccc(O)cc1)C(=O)N[C@H](Cc1c[nH]c2ccccc12)C(=O)N[C@H](CCCN)C(=O)N[C@@H](CCCN)C(=O)NCC(=O)N[C@H](CCCN)C(=O)N[C@@H](Cc1c[nH]c2ccccc12)C(=O)N[C@H](C(=O)N[C@H](C(N)=O)[C@@H](C)CC)[C@@H](C)O. The summed E-state index contributed by atoms with van der Waals surface area (Å²) < 4.78 is 0. The molecule has 0 fully saturated rings. The van der Waals surface area contributed by atoms with Crippen LogP contribution in [0.25, 0.3) is 21.8 Å². The van der Waals surface area contributed by atoms with Crippen molar-refractivity contribution in [2.24, 2.45) is 40.5 Å². The van der Waals surface area contributed by atoms with Gasteiger partial charge in [-0.2, -0.15) is 0 Å². The van der Waals surface area contributed by atoms with Gasteiger partial charge < -0.3 is 102 Å². The number of para-hydroxylation sites is 2. The molecule has 100 heavy (non-hydrogen) atoms. The number of carbonyl (C=O) groups is 12. The minimum absolute atomic E-state index is 0.0383. The topological polar surface area (TPSA) is 527 Å². The van der Waals surface area contributed by atoms with E-state index in [0.717, 1.165) is 6.42 Å². The van der Waals surface area contributed by atoms with E-state index in [2.05, 4.69) is 63.1 Å². The third-order valence-electron chi connectivity index (χ3n) is 17.4. The number of hydrogen-bond donors (Lipinski definition) is 19. The van der Waals surface area contributed by atoms with Crippen molar-refractivity contribution in [3.63, 3.8) is 0 Å². The molecule has 24 N–H and O–H groups in total. The quantitative estimate of drug-likeness (QED) is 0.0215. The molecule has 12 amide bonds. The summed E-state index contributed by atoms with van der Waals surface area (Å²) in [4.78, 5) is 173. The molecule has 0 saturated heterocycles. The average molecular weight is 1390 g/mol. The summed E-state index contributed by atoms with van der Waals surface area (Å²) in [6.45, 7) is 8.10. The van der Waals surface area contributed by atoms with E-state index in [1.807, 2.05) is 13.8 Å². The zero-order chi connectivity index (χ0) is 73.6. The Morgan fingerprint density at radius 1 is 0.460 bits per heavy atom. The molecule has 3 aromatic carbocycles. The number of primary amides is 2.